The van der Waals surface area contributed by atoms with Gasteiger partial charge in [-0.05, 0) is 72.8 Å². The van der Waals surface area contributed by atoms with Crippen LogP contribution < -0.4 is 9.47 Å². The van der Waals surface area contributed by atoms with Crippen molar-refractivity contribution < 1.29 is 42.3 Å². The van der Waals surface area contributed by atoms with Gasteiger partial charge in [-0.2, -0.15) is 0 Å². The molecule has 0 radical (unpaired) electrons. The van der Waals surface area contributed by atoms with Crippen molar-refractivity contribution in [2.75, 3.05) is 14.1 Å². The molecule has 0 bridgehead atoms. The quantitative estimate of drug-likeness (QED) is 0.0947. The Balaban J connectivity index is 1.43. The van der Waals surface area contributed by atoms with Gasteiger partial charge in [0.15, 0.2) is 37.5 Å². The fourth-order valence-corrected chi connectivity index (χ4v) is 9.74. The van der Waals surface area contributed by atoms with Crippen LogP contribution >= 0.6 is 11.6 Å². The third-order valence-electron chi connectivity index (χ3n) is 11.7. The van der Waals surface area contributed by atoms with Crippen LogP contribution in [0, 0.1) is 17.7 Å². The summed E-state index contributed by atoms with van der Waals surface area (Å²) in [6.07, 6.45) is 0.536. The Labute approximate surface area is 325 Å². The number of hydrogen-bond acceptors (Lipinski definition) is 10. The fourth-order valence-electron chi connectivity index (χ4n) is 7.99. The lowest BCUT2D eigenvalue weighted by Crippen LogP contribution is -2.68. The van der Waals surface area contributed by atoms with Gasteiger partial charge in [0, 0.05) is 11.5 Å². The predicted octanol–water partition coefficient (Wildman–Crippen LogP) is 8.73. The van der Waals surface area contributed by atoms with Crippen molar-refractivity contribution in [3.8, 4) is 11.6 Å². The Kier molecular flexibility index (Phi) is 9.94. The highest BCUT2D eigenvalue weighted by molar-refractivity contribution is 6.74. The summed E-state index contributed by atoms with van der Waals surface area (Å²) in [5.41, 5.74) is -0.962. The first-order chi connectivity index (χ1) is 26.0. The molecule has 288 valence electrons. The number of ketones is 2. The summed E-state index contributed by atoms with van der Waals surface area (Å²) in [5, 5.41) is 15.9. The number of aliphatic hydroxyl groups excluding tert-OH is 1. The van der Waals surface area contributed by atoms with Gasteiger partial charge in [0.2, 0.25) is 11.6 Å². The largest absolute Gasteiger partial charge is 0.507 e. The molecule has 3 aromatic carbocycles. The lowest BCUT2D eigenvalue weighted by molar-refractivity contribution is -0.140. The van der Waals surface area contributed by atoms with E-state index in [-0.39, 0.29) is 65.0 Å². The lowest BCUT2D eigenvalue weighted by atomic mass is 9.57. The van der Waals surface area contributed by atoms with Gasteiger partial charge in [-0.3, -0.25) is 19.3 Å². The number of ether oxygens (including phenoxy) is 2. The molecule has 3 aliphatic carbocycles. The molecule has 1 N–H and O–H groups in total. The topological polar surface area (TPSA) is 128 Å². The number of carbonyl (C=O) groups is 3. The minimum absolute atomic E-state index is 0.00397. The van der Waals surface area contributed by atoms with E-state index in [4.69, 9.17) is 30.0 Å². The van der Waals surface area contributed by atoms with Crippen LogP contribution in [-0.4, -0.2) is 61.0 Å². The van der Waals surface area contributed by atoms with Crippen molar-refractivity contribution in [3.63, 3.8) is 0 Å². The number of carbonyl (C=O) groups excluding carboxylic acids is 3. The zero-order chi connectivity index (χ0) is 39.6. The summed E-state index contributed by atoms with van der Waals surface area (Å²) >= 11 is 6.74. The average molecular weight is 787 g/mol. The molecule has 4 aromatic rings. The smallest absolute Gasteiger partial charge is 0.265 e. The number of aliphatic hydroxyl groups is 1. The van der Waals surface area contributed by atoms with Gasteiger partial charge in [-0.15, -0.1) is 0 Å². The van der Waals surface area contributed by atoms with Crippen molar-refractivity contribution in [1.29, 1.82) is 0 Å². The molecule has 1 heterocycles. The molecule has 4 atom stereocenters. The maximum Gasteiger partial charge on any atom is 0.265 e. The molecule has 0 saturated heterocycles. The molecule has 7 rings (SSSR count). The molecule has 55 heavy (non-hydrogen) atoms. The van der Waals surface area contributed by atoms with Gasteiger partial charge in [-0.25, -0.2) is 4.39 Å². The van der Waals surface area contributed by atoms with E-state index in [1.54, 1.807) is 24.3 Å². The van der Waals surface area contributed by atoms with Gasteiger partial charge < -0.3 is 23.5 Å². The molecule has 0 amide bonds. The van der Waals surface area contributed by atoms with E-state index >= 15 is 14.0 Å². The van der Waals surface area contributed by atoms with Crippen LogP contribution in [0.1, 0.15) is 82.0 Å². The summed E-state index contributed by atoms with van der Waals surface area (Å²) in [6, 6.07) is 17.7. The molecular weight excluding hydrogens is 743 g/mol. The number of hydrogen-bond donors (Lipinski definition) is 1. The monoisotopic (exact) mass is 786 g/mol. The second-order valence-electron chi connectivity index (χ2n) is 16.3. The standard InChI is InChI=1S/C42H44ClFN2O8Si/c1-41(2,3)55(6,7)54-42-28(34(46(4)5)37-31(39(42)50)40(45-53-37)52-22-24-16-12-9-13-17-24)19-25-18-26-30(35(48)29(25)38(42)49)36(33(44)27(20-47)32(26)43)51-21-23-14-10-8-11-15-23/h8-17,20,25,28,34,48H,18-19,21-22H2,1-7H3/t25-,28-,34-,42?/m0/s1. The number of nitrogens with zero attached hydrogens (tertiary/aromatic N) is 2. The third-order valence-corrected chi connectivity index (χ3v) is 16.6. The molecular formula is C42H44ClFN2O8Si. The normalized spacial score (nSPS) is 22.2. The molecule has 13 heteroatoms. The summed E-state index contributed by atoms with van der Waals surface area (Å²) in [5.74, 6) is -4.79. The summed E-state index contributed by atoms with van der Waals surface area (Å²) < 4.78 is 41.4. The second-order valence-corrected chi connectivity index (χ2v) is 21.4. The molecule has 1 aromatic heterocycles. The molecule has 3 aliphatic rings. The Morgan fingerprint density at radius 1 is 1.00 bits per heavy atom. The van der Waals surface area contributed by atoms with Crippen LogP contribution in [-0.2, 0) is 28.9 Å². The van der Waals surface area contributed by atoms with E-state index in [1.165, 1.54) is 0 Å². The summed E-state index contributed by atoms with van der Waals surface area (Å²) in [6.45, 7) is 9.93. The van der Waals surface area contributed by atoms with Crippen molar-refractivity contribution in [1.82, 2.24) is 10.1 Å². The zero-order valence-electron chi connectivity index (χ0n) is 31.9. The molecule has 1 fully saturated rings. The fraction of sp³-hybridized carbons (Fsp3) is 0.381. The van der Waals surface area contributed by atoms with E-state index in [2.05, 4.69) is 5.16 Å². The summed E-state index contributed by atoms with van der Waals surface area (Å²) in [4.78, 5) is 45.2. The highest BCUT2D eigenvalue weighted by Crippen LogP contribution is 2.59. The maximum absolute atomic E-state index is 16.2. The first kappa shape index (κ1) is 38.6. The van der Waals surface area contributed by atoms with Crippen LogP contribution in [0.2, 0.25) is 23.2 Å². The van der Waals surface area contributed by atoms with Gasteiger partial charge >= 0.3 is 0 Å². The van der Waals surface area contributed by atoms with Gasteiger partial charge in [0.05, 0.1) is 22.2 Å². The van der Waals surface area contributed by atoms with Crippen molar-refractivity contribution in [2.45, 2.75) is 76.6 Å². The number of benzene rings is 3. The number of Topliss-reactive ketones (excluding diaryl/α,β-unsaturated/α-hetero) is 2. The minimum atomic E-state index is -2.99. The number of halogens is 2. The van der Waals surface area contributed by atoms with E-state index in [0.717, 1.165) is 5.56 Å². The Hall–Kier alpha value is -4.62. The Morgan fingerprint density at radius 2 is 1.60 bits per heavy atom. The second kappa shape index (κ2) is 14.1. The van der Waals surface area contributed by atoms with Crippen LogP contribution in [0.15, 0.2) is 70.8 Å². The average Bonchev–Trinajstić information content (AvgIpc) is 3.56. The summed E-state index contributed by atoms with van der Waals surface area (Å²) in [7, 11) is 0.658. The van der Waals surface area contributed by atoms with E-state index in [9.17, 15) is 9.90 Å². The van der Waals surface area contributed by atoms with E-state index in [1.807, 2.05) is 89.3 Å². The van der Waals surface area contributed by atoms with Crippen molar-refractivity contribution in [3.05, 3.63) is 116 Å². The van der Waals surface area contributed by atoms with Crippen LogP contribution in [0.4, 0.5) is 4.39 Å². The van der Waals surface area contributed by atoms with Gasteiger partial charge in [-0.1, -0.05) is 93.0 Å². The third kappa shape index (κ3) is 6.23. The van der Waals surface area contributed by atoms with Crippen LogP contribution in [0.5, 0.6) is 11.6 Å². The number of fused-ring (bicyclic) bond motifs is 4. The molecule has 10 nitrogen and oxygen atoms in total. The highest BCUT2D eigenvalue weighted by Gasteiger charge is 2.69. The van der Waals surface area contributed by atoms with Gasteiger partial charge in [0.25, 0.3) is 5.88 Å². The zero-order valence-corrected chi connectivity index (χ0v) is 33.6. The van der Waals surface area contributed by atoms with Crippen molar-refractivity contribution >= 4 is 43.5 Å². The maximum atomic E-state index is 16.2. The first-order valence-electron chi connectivity index (χ1n) is 18.2. The van der Waals surface area contributed by atoms with Crippen LogP contribution in [0.3, 0.4) is 0 Å². The minimum Gasteiger partial charge on any atom is -0.507 e. The molecule has 1 saturated carbocycles. The van der Waals surface area contributed by atoms with E-state index in [0.29, 0.717) is 11.8 Å². The Bertz CT molecular complexity index is 2220. The highest BCUT2D eigenvalue weighted by atomic mass is 35.5. The number of aldehydes is 1. The van der Waals surface area contributed by atoms with E-state index < -0.39 is 71.3 Å². The number of aromatic nitrogens is 1. The van der Waals surface area contributed by atoms with Crippen molar-refractivity contribution in [2.24, 2.45) is 11.8 Å². The molecule has 0 spiro atoms. The first-order valence-corrected chi connectivity index (χ1v) is 21.5. The van der Waals surface area contributed by atoms with Crippen LogP contribution in [0.25, 0.3) is 5.76 Å². The predicted molar refractivity (Wildman–Crippen MR) is 206 cm³/mol. The van der Waals surface area contributed by atoms with Gasteiger partial charge in [0.1, 0.15) is 24.5 Å². The number of rotatable bonds is 10. The Morgan fingerprint density at radius 3 is 2.16 bits per heavy atom. The SMILES string of the molecule is CN(C)[C@@H]1c2onc(OCc3ccccc3)c2C(=O)C2(O[Si](C)(C)C(C)(C)C)C(=O)C3=C(O)c4c(c(Cl)c(C=O)c(F)c4OCc4ccccc4)C[C@H]3C[C@@H]12. The molecule has 0 aliphatic heterocycles. The molecule has 1 unspecified atom stereocenters. The lowest BCUT2D eigenvalue weighted by Gasteiger charge is -2.55.